The van der Waals surface area contributed by atoms with Crippen LogP contribution in [0.4, 0.5) is 0 Å². The lowest BCUT2D eigenvalue weighted by Gasteiger charge is -2.41. The van der Waals surface area contributed by atoms with E-state index < -0.39 is 0 Å². The van der Waals surface area contributed by atoms with Gasteiger partial charge in [0.15, 0.2) is 0 Å². The number of methoxy groups -OCH3 is 1. The maximum Gasteiger partial charge on any atom is 0.255 e. The van der Waals surface area contributed by atoms with Gasteiger partial charge in [-0.2, -0.15) is 11.3 Å². The lowest BCUT2D eigenvalue weighted by molar-refractivity contribution is -0.0156. The number of likely N-dealkylation sites (tertiary alicyclic amines) is 2. The van der Waals surface area contributed by atoms with Gasteiger partial charge in [-0.1, -0.05) is 0 Å². The highest BCUT2D eigenvalue weighted by Crippen LogP contribution is 2.36. The average Bonchev–Trinajstić information content (AvgIpc) is 3.03. The molecule has 5 heteroatoms. The van der Waals surface area contributed by atoms with Gasteiger partial charge in [0, 0.05) is 44.6 Å². The number of piperidine rings is 1. The Hall–Kier alpha value is -0.910. The summed E-state index contributed by atoms with van der Waals surface area (Å²) < 4.78 is 5.73. The molecule has 1 saturated carbocycles. The van der Waals surface area contributed by atoms with Crippen LogP contribution in [0.1, 0.15) is 29.6 Å². The highest BCUT2D eigenvalue weighted by atomic mass is 32.1. The van der Waals surface area contributed by atoms with Gasteiger partial charge in [-0.3, -0.25) is 4.79 Å². The molecule has 0 N–H and O–H groups in total. The summed E-state index contributed by atoms with van der Waals surface area (Å²) in [5.74, 6) is 1.58. The molecule has 4 nitrogen and oxygen atoms in total. The lowest BCUT2D eigenvalue weighted by Crippen LogP contribution is -2.53. The van der Waals surface area contributed by atoms with Crippen LogP contribution >= 0.6 is 11.3 Å². The molecule has 3 aliphatic rings. The van der Waals surface area contributed by atoms with E-state index in [-0.39, 0.29) is 5.91 Å². The van der Waals surface area contributed by atoms with Gasteiger partial charge < -0.3 is 14.5 Å². The van der Waals surface area contributed by atoms with Crippen LogP contribution < -0.4 is 0 Å². The summed E-state index contributed by atoms with van der Waals surface area (Å²) in [6.45, 7) is 4.15. The minimum Gasteiger partial charge on any atom is -0.381 e. The molecule has 0 spiro atoms. The quantitative estimate of drug-likeness (QED) is 0.853. The van der Waals surface area contributed by atoms with Gasteiger partial charge in [0.05, 0.1) is 17.7 Å². The maximum absolute atomic E-state index is 12.8. The first-order chi connectivity index (χ1) is 10.8. The zero-order chi connectivity index (χ0) is 15.1. The first-order valence-corrected chi connectivity index (χ1v) is 9.29. The van der Waals surface area contributed by atoms with Gasteiger partial charge in [0.2, 0.25) is 0 Å². The largest absolute Gasteiger partial charge is 0.381 e. The van der Waals surface area contributed by atoms with E-state index in [2.05, 4.69) is 9.80 Å². The predicted octanol–water partition coefficient (Wildman–Crippen LogP) is 2.32. The summed E-state index contributed by atoms with van der Waals surface area (Å²) >= 11 is 1.60. The minimum absolute atomic E-state index is 0.207. The Bertz CT molecular complexity index is 529. The van der Waals surface area contributed by atoms with Crippen molar-refractivity contribution in [1.29, 1.82) is 0 Å². The topological polar surface area (TPSA) is 32.8 Å². The van der Waals surface area contributed by atoms with Crippen LogP contribution in [0.2, 0.25) is 0 Å². The molecule has 0 aromatic carbocycles. The zero-order valence-electron chi connectivity index (χ0n) is 13.1. The summed E-state index contributed by atoms with van der Waals surface area (Å²) in [5, 5.41) is 3.96. The van der Waals surface area contributed by atoms with Crippen LogP contribution in [0, 0.1) is 11.8 Å². The molecule has 2 aliphatic heterocycles. The van der Waals surface area contributed by atoms with Gasteiger partial charge >= 0.3 is 0 Å². The molecule has 120 valence electrons. The molecule has 1 aromatic rings. The molecule has 22 heavy (non-hydrogen) atoms. The zero-order valence-corrected chi connectivity index (χ0v) is 13.9. The van der Waals surface area contributed by atoms with E-state index in [9.17, 15) is 4.79 Å². The second kappa shape index (κ2) is 5.95. The van der Waals surface area contributed by atoms with Crippen molar-refractivity contribution < 1.29 is 9.53 Å². The number of nitrogens with zero attached hydrogens (tertiary/aromatic N) is 2. The molecule has 3 heterocycles. The number of thiophene rings is 1. The van der Waals surface area contributed by atoms with E-state index in [4.69, 9.17) is 4.74 Å². The van der Waals surface area contributed by atoms with Gasteiger partial charge in [0.1, 0.15) is 0 Å². The molecule has 1 aromatic heterocycles. The molecule has 3 fully saturated rings. The third kappa shape index (κ3) is 2.70. The molecule has 4 rings (SSSR count). The Morgan fingerprint density at radius 1 is 1.36 bits per heavy atom. The molecule has 0 unspecified atom stereocenters. The van der Waals surface area contributed by atoms with Crippen LogP contribution in [0.5, 0.6) is 0 Å². The van der Waals surface area contributed by atoms with Crippen molar-refractivity contribution in [3.05, 3.63) is 22.4 Å². The van der Waals surface area contributed by atoms with E-state index in [0.717, 1.165) is 37.5 Å². The standard InChI is InChI=1S/C17H24N2O2S/c1-21-16-4-6-19(17(20)13-5-7-22-11-13)15-10-18(9-14(15)16)8-12-2-3-12/h5,7,11-12,14-16H,2-4,6,8-10H2,1H3/t14-,15+,16-/m1/s1. The first kappa shape index (κ1) is 14.7. The Balaban J connectivity index is 1.52. The maximum atomic E-state index is 12.8. The summed E-state index contributed by atoms with van der Waals surface area (Å²) in [7, 11) is 1.82. The van der Waals surface area contributed by atoms with Crippen molar-refractivity contribution in [2.75, 3.05) is 33.3 Å². The highest BCUT2D eigenvalue weighted by molar-refractivity contribution is 7.08. The molecule has 3 atom stereocenters. The SMILES string of the molecule is CO[C@@H]1CCN(C(=O)c2ccsc2)[C@H]2CN(CC3CC3)C[C@@H]12. The smallest absolute Gasteiger partial charge is 0.255 e. The number of carbonyl (C=O) groups excluding carboxylic acids is 1. The Kier molecular flexibility index (Phi) is 3.96. The fourth-order valence-corrected chi connectivity index (χ4v) is 4.78. The third-order valence-electron chi connectivity index (χ3n) is 5.49. The van der Waals surface area contributed by atoms with Crippen LogP contribution in [0.15, 0.2) is 16.8 Å². The van der Waals surface area contributed by atoms with Gasteiger partial charge in [0.25, 0.3) is 5.91 Å². The van der Waals surface area contributed by atoms with Crippen molar-refractivity contribution in [1.82, 2.24) is 9.80 Å². The molecule has 1 amide bonds. The van der Waals surface area contributed by atoms with E-state index in [1.54, 1.807) is 11.3 Å². The van der Waals surface area contributed by atoms with E-state index in [1.807, 2.05) is 23.9 Å². The Morgan fingerprint density at radius 3 is 2.91 bits per heavy atom. The first-order valence-electron chi connectivity index (χ1n) is 8.34. The fourth-order valence-electron chi connectivity index (χ4n) is 4.15. The summed E-state index contributed by atoms with van der Waals surface area (Å²) in [6, 6.07) is 2.27. The molecular weight excluding hydrogens is 296 g/mol. The Labute approximate surface area is 136 Å². The monoisotopic (exact) mass is 320 g/mol. The number of hydrogen-bond acceptors (Lipinski definition) is 4. The van der Waals surface area contributed by atoms with Crippen molar-refractivity contribution in [2.45, 2.75) is 31.4 Å². The second-order valence-electron chi connectivity index (χ2n) is 6.97. The van der Waals surface area contributed by atoms with Gasteiger partial charge in [-0.15, -0.1) is 0 Å². The van der Waals surface area contributed by atoms with Crippen LogP contribution in [-0.2, 0) is 4.74 Å². The van der Waals surface area contributed by atoms with Crippen molar-refractivity contribution >= 4 is 17.2 Å². The lowest BCUT2D eigenvalue weighted by atomic mass is 9.88. The predicted molar refractivity (Wildman–Crippen MR) is 87.2 cm³/mol. The van der Waals surface area contributed by atoms with Crippen LogP contribution in [0.3, 0.4) is 0 Å². The number of carbonyl (C=O) groups is 1. The van der Waals surface area contributed by atoms with Crippen LogP contribution in [0.25, 0.3) is 0 Å². The van der Waals surface area contributed by atoms with Crippen molar-refractivity contribution in [3.8, 4) is 0 Å². The molecule has 0 radical (unpaired) electrons. The summed E-state index contributed by atoms with van der Waals surface area (Å²) in [6.07, 6.45) is 4.04. The molecule has 2 saturated heterocycles. The van der Waals surface area contributed by atoms with Gasteiger partial charge in [-0.05, 0) is 36.6 Å². The summed E-state index contributed by atoms with van der Waals surface area (Å²) in [5.41, 5.74) is 0.847. The molecule has 0 bridgehead atoms. The average molecular weight is 320 g/mol. The number of hydrogen-bond donors (Lipinski definition) is 0. The Morgan fingerprint density at radius 2 is 2.23 bits per heavy atom. The second-order valence-corrected chi connectivity index (χ2v) is 7.75. The number of ether oxygens (including phenoxy) is 1. The van der Waals surface area contributed by atoms with E-state index in [1.165, 1.54) is 19.4 Å². The molecular formula is C17H24N2O2S. The van der Waals surface area contributed by atoms with E-state index in [0.29, 0.717) is 18.1 Å². The highest BCUT2D eigenvalue weighted by Gasteiger charge is 2.46. The molecule has 1 aliphatic carbocycles. The van der Waals surface area contributed by atoms with Gasteiger partial charge in [-0.25, -0.2) is 0 Å². The summed E-state index contributed by atoms with van der Waals surface area (Å²) in [4.78, 5) is 17.5. The minimum atomic E-state index is 0.207. The van der Waals surface area contributed by atoms with Crippen LogP contribution in [-0.4, -0.2) is 61.1 Å². The van der Waals surface area contributed by atoms with Crippen molar-refractivity contribution in [3.63, 3.8) is 0 Å². The number of amides is 1. The number of fused-ring (bicyclic) bond motifs is 1. The fraction of sp³-hybridized carbons (Fsp3) is 0.706. The van der Waals surface area contributed by atoms with E-state index >= 15 is 0 Å². The normalized spacial score (nSPS) is 32.2. The van der Waals surface area contributed by atoms with Crippen molar-refractivity contribution in [2.24, 2.45) is 11.8 Å². The third-order valence-corrected chi connectivity index (χ3v) is 6.17. The number of rotatable bonds is 4.